The van der Waals surface area contributed by atoms with E-state index in [0.717, 1.165) is 12.8 Å². The molecular formula is C19H28O4. The lowest BCUT2D eigenvalue weighted by molar-refractivity contribution is -0.226. The van der Waals surface area contributed by atoms with E-state index in [1.165, 1.54) is 0 Å². The lowest BCUT2D eigenvalue weighted by Crippen LogP contribution is -2.58. The third-order valence-electron chi connectivity index (χ3n) is 6.29. The highest BCUT2D eigenvalue weighted by molar-refractivity contribution is 5.92. The van der Waals surface area contributed by atoms with Crippen LogP contribution in [0.1, 0.15) is 52.9 Å². The van der Waals surface area contributed by atoms with Gasteiger partial charge < -0.3 is 9.47 Å². The van der Waals surface area contributed by atoms with E-state index in [-0.39, 0.29) is 41.0 Å². The number of hydrogen-bond donors (Lipinski definition) is 0. The Balaban J connectivity index is 2.05. The van der Waals surface area contributed by atoms with Gasteiger partial charge in [-0.15, -0.1) is 6.58 Å². The van der Waals surface area contributed by atoms with E-state index in [9.17, 15) is 9.59 Å². The van der Waals surface area contributed by atoms with Crippen LogP contribution >= 0.6 is 0 Å². The summed E-state index contributed by atoms with van der Waals surface area (Å²) in [6.45, 7) is 10.4. The lowest BCUT2D eigenvalue weighted by Gasteiger charge is -2.51. The minimum absolute atomic E-state index is 0.0571. The summed E-state index contributed by atoms with van der Waals surface area (Å²) in [6.07, 6.45) is 4.86. The highest BCUT2D eigenvalue weighted by Gasteiger charge is 2.69. The highest BCUT2D eigenvalue weighted by Crippen LogP contribution is 2.63. The molecule has 0 amide bonds. The number of Topliss-reactive ketones (excluding diaryl/α,β-unsaturated/α-hetero) is 2. The summed E-state index contributed by atoms with van der Waals surface area (Å²) in [5.74, 6) is -0.111. The predicted octanol–water partition coefficient (Wildman–Crippen LogP) is 3.29. The van der Waals surface area contributed by atoms with Crippen LogP contribution in [0, 0.1) is 23.2 Å². The molecule has 1 saturated carbocycles. The van der Waals surface area contributed by atoms with Gasteiger partial charge in [0.25, 0.3) is 0 Å². The summed E-state index contributed by atoms with van der Waals surface area (Å²) in [5, 5.41) is 0. The Kier molecular flexibility index (Phi) is 4.26. The third-order valence-corrected chi connectivity index (χ3v) is 6.29. The van der Waals surface area contributed by atoms with Gasteiger partial charge in [0, 0.05) is 42.6 Å². The van der Waals surface area contributed by atoms with Gasteiger partial charge in [0.1, 0.15) is 11.6 Å². The molecule has 2 heterocycles. The molecule has 0 radical (unpaired) electrons. The molecule has 2 aliphatic heterocycles. The molecule has 4 nitrogen and oxygen atoms in total. The average molecular weight is 320 g/mol. The molecule has 3 rings (SSSR count). The first-order valence-corrected chi connectivity index (χ1v) is 8.80. The van der Waals surface area contributed by atoms with Gasteiger partial charge in [-0.1, -0.05) is 13.0 Å². The molecule has 1 spiro atoms. The maximum absolute atomic E-state index is 13.0. The van der Waals surface area contributed by atoms with Crippen molar-refractivity contribution >= 4 is 11.6 Å². The maximum Gasteiger partial charge on any atom is 0.164 e. The van der Waals surface area contributed by atoms with Crippen LogP contribution in [0.5, 0.6) is 0 Å². The van der Waals surface area contributed by atoms with Crippen LogP contribution in [0.2, 0.25) is 0 Å². The average Bonchev–Trinajstić information content (AvgIpc) is 2.73. The van der Waals surface area contributed by atoms with Crippen LogP contribution in [0.4, 0.5) is 0 Å². The Labute approximate surface area is 138 Å². The minimum Gasteiger partial charge on any atom is -0.352 e. The molecule has 4 heteroatoms. The Bertz CT molecular complexity index is 523. The summed E-state index contributed by atoms with van der Waals surface area (Å²) in [7, 11) is 0. The number of ether oxygens (including phenoxy) is 2. The number of ketones is 2. The van der Waals surface area contributed by atoms with Crippen molar-refractivity contribution in [2.75, 3.05) is 6.61 Å². The topological polar surface area (TPSA) is 52.6 Å². The van der Waals surface area contributed by atoms with Crippen molar-refractivity contribution in [1.82, 2.24) is 0 Å². The smallest absolute Gasteiger partial charge is 0.164 e. The zero-order chi connectivity index (χ0) is 16.8. The van der Waals surface area contributed by atoms with Crippen LogP contribution < -0.4 is 0 Å². The van der Waals surface area contributed by atoms with Crippen molar-refractivity contribution in [2.24, 2.45) is 23.2 Å². The van der Waals surface area contributed by atoms with E-state index in [1.807, 2.05) is 20.8 Å². The summed E-state index contributed by atoms with van der Waals surface area (Å²) in [6, 6.07) is 0. The molecule has 0 aromatic rings. The minimum atomic E-state index is -0.429. The second-order valence-corrected chi connectivity index (χ2v) is 7.92. The molecular weight excluding hydrogens is 292 g/mol. The van der Waals surface area contributed by atoms with Gasteiger partial charge in [0.15, 0.2) is 6.29 Å². The molecule has 0 unspecified atom stereocenters. The first-order chi connectivity index (χ1) is 10.8. The fraction of sp³-hybridized carbons (Fsp3) is 0.789. The standard InChI is InChI=1S/C19H28O4/c1-5-6-8-13(20)16-12(2)14(21)11-15-18(3,4)23-17-19(15,16)9-7-10-22-17/h5,12,15-17H,1,6-11H2,2-4H3/t12-,15-,16+,17-,19+/m0/s1. The van der Waals surface area contributed by atoms with E-state index >= 15 is 0 Å². The lowest BCUT2D eigenvalue weighted by atomic mass is 9.51. The van der Waals surface area contributed by atoms with Gasteiger partial charge in [-0.25, -0.2) is 0 Å². The molecule has 5 atom stereocenters. The molecule has 0 N–H and O–H groups in total. The van der Waals surface area contributed by atoms with Gasteiger partial charge in [-0.3, -0.25) is 9.59 Å². The number of rotatable bonds is 4. The van der Waals surface area contributed by atoms with Crippen molar-refractivity contribution in [1.29, 1.82) is 0 Å². The van der Waals surface area contributed by atoms with E-state index in [0.29, 0.717) is 25.9 Å². The zero-order valence-corrected chi connectivity index (χ0v) is 14.5. The van der Waals surface area contributed by atoms with Gasteiger partial charge in [0.2, 0.25) is 0 Å². The van der Waals surface area contributed by atoms with Crippen LogP contribution in [0.3, 0.4) is 0 Å². The zero-order valence-electron chi connectivity index (χ0n) is 14.5. The summed E-state index contributed by atoms with van der Waals surface area (Å²) < 4.78 is 12.2. The largest absolute Gasteiger partial charge is 0.352 e. The first kappa shape index (κ1) is 16.8. The second kappa shape index (κ2) is 5.82. The van der Waals surface area contributed by atoms with Gasteiger partial charge >= 0.3 is 0 Å². The summed E-state index contributed by atoms with van der Waals surface area (Å²) in [5.41, 5.74) is -0.769. The van der Waals surface area contributed by atoms with Crippen LogP contribution in [0.15, 0.2) is 12.7 Å². The van der Waals surface area contributed by atoms with Crippen LogP contribution in [-0.4, -0.2) is 30.1 Å². The van der Waals surface area contributed by atoms with E-state index in [1.54, 1.807) is 6.08 Å². The van der Waals surface area contributed by atoms with E-state index in [4.69, 9.17) is 9.47 Å². The fourth-order valence-corrected chi connectivity index (χ4v) is 5.30. The second-order valence-electron chi connectivity index (χ2n) is 7.92. The maximum atomic E-state index is 13.0. The fourth-order valence-electron chi connectivity index (χ4n) is 5.30. The Morgan fingerprint density at radius 1 is 1.43 bits per heavy atom. The van der Waals surface area contributed by atoms with Gasteiger partial charge in [0.05, 0.1) is 5.60 Å². The van der Waals surface area contributed by atoms with Crippen molar-refractivity contribution < 1.29 is 19.1 Å². The summed E-state index contributed by atoms with van der Waals surface area (Å²) in [4.78, 5) is 25.6. The van der Waals surface area contributed by atoms with E-state index < -0.39 is 5.60 Å². The number of hydrogen-bond acceptors (Lipinski definition) is 4. The molecule has 128 valence electrons. The van der Waals surface area contributed by atoms with Crippen molar-refractivity contribution in [3.63, 3.8) is 0 Å². The molecule has 3 aliphatic rings. The SMILES string of the molecule is C=CCCC(=O)[C@H]1[C@@H](C)C(=O)C[C@H]2C(C)(C)O[C@@H]3OCCC[C@]312. The quantitative estimate of drug-likeness (QED) is 0.746. The predicted molar refractivity (Wildman–Crippen MR) is 86.8 cm³/mol. The molecule has 1 aliphatic carbocycles. The Morgan fingerprint density at radius 2 is 2.17 bits per heavy atom. The van der Waals surface area contributed by atoms with Gasteiger partial charge in [-0.05, 0) is 33.1 Å². The van der Waals surface area contributed by atoms with Crippen molar-refractivity contribution in [3.05, 3.63) is 12.7 Å². The third kappa shape index (κ3) is 2.42. The normalized spacial score (nSPS) is 42.0. The van der Waals surface area contributed by atoms with E-state index in [2.05, 4.69) is 6.58 Å². The van der Waals surface area contributed by atoms with Gasteiger partial charge in [-0.2, -0.15) is 0 Å². The monoisotopic (exact) mass is 320 g/mol. The molecule has 23 heavy (non-hydrogen) atoms. The Hall–Kier alpha value is -1.00. The number of carbonyl (C=O) groups is 2. The number of allylic oxidation sites excluding steroid dienone is 1. The molecule has 3 fully saturated rings. The van der Waals surface area contributed by atoms with Crippen molar-refractivity contribution in [2.45, 2.75) is 64.8 Å². The number of carbonyl (C=O) groups excluding carboxylic acids is 2. The molecule has 0 aromatic heterocycles. The van der Waals surface area contributed by atoms with Crippen molar-refractivity contribution in [3.8, 4) is 0 Å². The first-order valence-electron chi connectivity index (χ1n) is 8.80. The van der Waals surface area contributed by atoms with Crippen LogP contribution in [0.25, 0.3) is 0 Å². The molecule has 2 saturated heterocycles. The molecule has 0 aromatic carbocycles. The molecule has 0 bridgehead atoms. The summed E-state index contributed by atoms with van der Waals surface area (Å²) >= 11 is 0. The Morgan fingerprint density at radius 3 is 2.87 bits per heavy atom. The highest BCUT2D eigenvalue weighted by atomic mass is 16.7. The van der Waals surface area contributed by atoms with Crippen LogP contribution in [-0.2, 0) is 19.1 Å².